The Kier molecular flexibility index (Phi) is 5.76. The van der Waals surface area contributed by atoms with E-state index >= 15 is 0 Å². The maximum absolute atomic E-state index is 12.9. The molecule has 0 spiro atoms. The molecule has 0 N–H and O–H groups in total. The molecule has 0 saturated heterocycles. The van der Waals surface area contributed by atoms with Gasteiger partial charge in [0.15, 0.2) is 5.17 Å². The van der Waals surface area contributed by atoms with Crippen molar-refractivity contribution in [1.29, 1.82) is 0 Å². The highest BCUT2D eigenvalue weighted by molar-refractivity contribution is 8.14. The Hall–Kier alpha value is -2.15. The summed E-state index contributed by atoms with van der Waals surface area (Å²) in [5.74, 6) is 1.19. The molecule has 2 aromatic rings. The van der Waals surface area contributed by atoms with Crippen LogP contribution >= 0.6 is 35.0 Å². The van der Waals surface area contributed by atoms with Gasteiger partial charge in [0.1, 0.15) is 17.2 Å². The summed E-state index contributed by atoms with van der Waals surface area (Å²) in [4.78, 5) is 18.8. The number of methoxy groups -OCH3 is 1. The number of hydrogen-bond acceptors (Lipinski definition) is 5. The van der Waals surface area contributed by atoms with Crippen LogP contribution in [0.2, 0.25) is 5.02 Å². The zero-order chi connectivity index (χ0) is 18.7. The molecule has 0 bridgehead atoms. The Morgan fingerprint density at radius 1 is 1.46 bits per heavy atom. The van der Waals surface area contributed by atoms with Crippen molar-refractivity contribution in [1.82, 2.24) is 0 Å². The average molecular weight is 409 g/mol. The number of halogens is 2. The normalized spacial score (nSPS) is 15.5. The largest absolute Gasteiger partial charge is 0.495 e. The Morgan fingerprint density at radius 2 is 2.27 bits per heavy atom. The molecule has 0 aliphatic carbocycles. The molecule has 1 aliphatic heterocycles. The van der Waals surface area contributed by atoms with E-state index in [1.807, 2.05) is 0 Å². The molecule has 0 fully saturated rings. The van der Waals surface area contributed by atoms with Crippen molar-refractivity contribution in [2.45, 2.75) is 0 Å². The molecule has 26 heavy (non-hydrogen) atoms. The van der Waals surface area contributed by atoms with Crippen LogP contribution in [-0.2, 0) is 4.79 Å². The number of amidine groups is 1. The molecule has 2 heterocycles. The van der Waals surface area contributed by atoms with Crippen molar-refractivity contribution in [2.24, 2.45) is 4.99 Å². The topological polar surface area (TPSA) is 55.0 Å². The standard InChI is InChI=1S/C18H14Cl2N2O3S/c1-11(19)10-26-18-21-15(9-13-4-3-7-25-13)17(23)22(18)12-5-6-16(24-2)14(20)8-12/h3-9H,1,10H2,2H3/b15-9+. The predicted octanol–water partition coefficient (Wildman–Crippen LogP) is 5.17. The number of carbonyl (C=O) groups excluding carboxylic acids is 1. The lowest BCUT2D eigenvalue weighted by molar-refractivity contribution is -0.113. The van der Waals surface area contributed by atoms with Crippen LogP contribution in [-0.4, -0.2) is 23.9 Å². The monoisotopic (exact) mass is 408 g/mol. The zero-order valence-corrected chi connectivity index (χ0v) is 16.1. The predicted molar refractivity (Wildman–Crippen MR) is 107 cm³/mol. The van der Waals surface area contributed by atoms with Crippen LogP contribution in [0, 0.1) is 0 Å². The Bertz CT molecular complexity index is 907. The Labute approximate surface area is 164 Å². The number of rotatable bonds is 5. The van der Waals surface area contributed by atoms with E-state index in [0.29, 0.717) is 38.2 Å². The minimum Gasteiger partial charge on any atom is -0.495 e. The second kappa shape index (κ2) is 8.03. The van der Waals surface area contributed by atoms with Gasteiger partial charge in [0.05, 0.1) is 24.1 Å². The third kappa shape index (κ3) is 3.98. The second-order valence-electron chi connectivity index (χ2n) is 5.20. The molecule has 0 saturated carbocycles. The van der Waals surface area contributed by atoms with Crippen molar-refractivity contribution < 1.29 is 13.9 Å². The summed E-state index contributed by atoms with van der Waals surface area (Å²) in [7, 11) is 1.53. The highest BCUT2D eigenvalue weighted by Gasteiger charge is 2.32. The number of hydrogen-bond donors (Lipinski definition) is 0. The summed E-state index contributed by atoms with van der Waals surface area (Å²) in [5.41, 5.74) is 0.838. The van der Waals surface area contributed by atoms with Gasteiger partial charge in [0.25, 0.3) is 5.91 Å². The van der Waals surface area contributed by atoms with Crippen molar-refractivity contribution in [2.75, 3.05) is 17.8 Å². The third-order valence-corrected chi connectivity index (χ3v) is 5.02. The van der Waals surface area contributed by atoms with E-state index < -0.39 is 0 Å². The van der Waals surface area contributed by atoms with E-state index in [2.05, 4.69) is 11.6 Å². The van der Waals surface area contributed by atoms with E-state index in [9.17, 15) is 4.79 Å². The highest BCUT2D eigenvalue weighted by atomic mass is 35.5. The molecule has 0 unspecified atom stereocenters. The Morgan fingerprint density at radius 3 is 2.88 bits per heavy atom. The van der Waals surface area contributed by atoms with Crippen LogP contribution in [0.25, 0.3) is 6.08 Å². The van der Waals surface area contributed by atoms with Crippen LogP contribution < -0.4 is 9.64 Å². The van der Waals surface area contributed by atoms with E-state index in [4.69, 9.17) is 32.4 Å². The Balaban J connectivity index is 1.98. The van der Waals surface area contributed by atoms with Gasteiger partial charge in [0.2, 0.25) is 0 Å². The molecule has 1 aliphatic rings. The maximum atomic E-state index is 12.9. The molecule has 3 rings (SSSR count). The van der Waals surface area contributed by atoms with Gasteiger partial charge < -0.3 is 9.15 Å². The van der Waals surface area contributed by atoms with Crippen LogP contribution in [0.4, 0.5) is 5.69 Å². The number of anilines is 1. The first-order chi connectivity index (χ1) is 12.5. The summed E-state index contributed by atoms with van der Waals surface area (Å²) in [6.45, 7) is 3.67. The molecule has 1 aromatic heterocycles. The van der Waals surface area contributed by atoms with Crippen LogP contribution in [0.5, 0.6) is 5.75 Å². The summed E-state index contributed by atoms with van der Waals surface area (Å²) < 4.78 is 10.4. The van der Waals surface area contributed by atoms with Gasteiger partial charge >= 0.3 is 0 Å². The summed E-state index contributed by atoms with van der Waals surface area (Å²) in [6.07, 6.45) is 3.12. The second-order valence-corrected chi connectivity index (χ2v) is 7.09. The summed E-state index contributed by atoms with van der Waals surface area (Å²) >= 11 is 13.4. The SMILES string of the molecule is C=C(Cl)CSC1=N/C(=C/c2ccco2)C(=O)N1c1ccc(OC)c(Cl)c1. The van der Waals surface area contributed by atoms with Crippen molar-refractivity contribution in [3.8, 4) is 5.75 Å². The van der Waals surface area contributed by atoms with E-state index in [1.165, 1.54) is 30.0 Å². The minimum absolute atomic E-state index is 0.259. The van der Waals surface area contributed by atoms with Gasteiger partial charge in [-0.3, -0.25) is 9.69 Å². The van der Waals surface area contributed by atoms with Gasteiger partial charge in [-0.25, -0.2) is 4.99 Å². The fourth-order valence-electron chi connectivity index (χ4n) is 2.27. The molecule has 8 heteroatoms. The van der Waals surface area contributed by atoms with Gasteiger partial charge in [0, 0.05) is 16.9 Å². The zero-order valence-electron chi connectivity index (χ0n) is 13.7. The number of nitrogens with zero attached hydrogens (tertiary/aromatic N) is 2. The quantitative estimate of drug-likeness (QED) is 0.640. The first-order valence-electron chi connectivity index (χ1n) is 7.47. The first kappa shape index (κ1) is 18.6. The van der Waals surface area contributed by atoms with Crippen LogP contribution in [0.3, 0.4) is 0 Å². The van der Waals surface area contributed by atoms with Crippen LogP contribution in [0.1, 0.15) is 5.76 Å². The minimum atomic E-state index is -0.287. The number of benzene rings is 1. The smallest absolute Gasteiger partial charge is 0.283 e. The lowest BCUT2D eigenvalue weighted by Crippen LogP contribution is -2.30. The lowest BCUT2D eigenvalue weighted by Gasteiger charge is -2.18. The number of ether oxygens (including phenoxy) is 1. The van der Waals surface area contributed by atoms with E-state index in [0.717, 1.165) is 0 Å². The van der Waals surface area contributed by atoms with Crippen LogP contribution in [0.15, 0.2) is 63.3 Å². The van der Waals surface area contributed by atoms with E-state index in [-0.39, 0.29) is 11.6 Å². The molecule has 0 radical (unpaired) electrons. The fraction of sp³-hybridized carbons (Fsp3) is 0.111. The maximum Gasteiger partial charge on any atom is 0.283 e. The molecule has 0 atom stereocenters. The van der Waals surface area contributed by atoms with Gasteiger partial charge in [-0.15, -0.1) is 0 Å². The lowest BCUT2D eigenvalue weighted by atomic mass is 10.2. The molecular weight excluding hydrogens is 395 g/mol. The highest BCUT2D eigenvalue weighted by Crippen LogP contribution is 2.34. The molecular formula is C18H14Cl2N2O3S. The van der Waals surface area contributed by atoms with Gasteiger partial charge in [-0.2, -0.15) is 0 Å². The molecule has 1 aromatic carbocycles. The number of furan rings is 1. The number of amides is 1. The first-order valence-corrected chi connectivity index (χ1v) is 9.21. The fourth-order valence-corrected chi connectivity index (χ4v) is 3.45. The van der Waals surface area contributed by atoms with Crippen molar-refractivity contribution in [3.05, 3.63) is 64.7 Å². The number of carbonyl (C=O) groups is 1. The number of thioether (sulfide) groups is 1. The average Bonchev–Trinajstić information content (AvgIpc) is 3.22. The summed E-state index contributed by atoms with van der Waals surface area (Å²) in [6, 6.07) is 8.57. The number of aliphatic imine (C=N–C) groups is 1. The van der Waals surface area contributed by atoms with Crippen molar-refractivity contribution in [3.63, 3.8) is 0 Å². The van der Waals surface area contributed by atoms with Crippen molar-refractivity contribution >= 4 is 57.8 Å². The van der Waals surface area contributed by atoms with E-state index in [1.54, 1.807) is 36.4 Å². The molecule has 134 valence electrons. The van der Waals surface area contributed by atoms with Gasteiger partial charge in [-0.1, -0.05) is 41.5 Å². The third-order valence-electron chi connectivity index (χ3n) is 3.40. The summed E-state index contributed by atoms with van der Waals surface area (Å²) in [5, 5.41) is 1.34. The van der Waals surface area contributed by atoms with Gasteiger partial charge in [-0.05, 0) is 30.3 Å². The molecule has 1 amide bonds. The molecule has 5 nitrogen and oxygen atoms in total.